The SMILES string of the molecule is Cn1c(=O)oc2ccc(CCNCN)cc21. The van der Waals surface area contributed by atoms with Gasteiger partial charge in [-0.05, 0) is 24.1 Å². The largest absolute Gasteiger partial charge is 0.419 e. The second-order valence-corrected chi connectivity index (χ2v) is 3.68. The third-order valence-corrected chi connectivity index (χ3v) is 2.59. The predicted octanol–water partition coefficient (Wildman–Crippen LogP) is 0.180. The van der Waals surface area contributed by atoms with Crippen molar-refractivity contribution in [3.8, 4) is 0 Å². The van der Waals surface area contributed by atoms with E-state index in [4.69, 9.17) is 10.2 Å². The molecule has 0 saturated carbocycles. The fraction of sp³-hybridized carbons (Fsp3) is 0.364. The molecule has 86 valence electrons. The molecular formula is C11H15N3O2. The second-order valence-electron chi connectivity index (χ2n) is 3.68. The maximum atomic E-state index is 11.3. The lowest BCUT2D eigenvalue weighted by Gasteiger charge is -2.02. The number of aryl methyl sites for hydroxylation is 1. The van der Waals surface area contributed by atoms with Crippen molar-refractivity contribution in [2.24, 2.45) is 12.8 Å². The first-order valence-electron chi connectivity index (χ1n) is 5.21. The molecule has 0 fully saturated rings. The highest BCUT2D eigenvalue weighted by molar-refractivity contribution is 5.73. The summed E-state index contributed by atoms with van der Waals surface area (Å²) in [5.74, 6) is -0.327. The van der Waals surface area contributed by atoms with E-state index in [0.29, 0.717) is 12.3 Å². The molecule has 5 nitrogen and oxygen atoms in total. The van der Waals surface area contributed by atoms with Gasteiger partial charge in [-0.1, -0.05) is 6.07 Å². The summed E-state index contributed by atoms with van der Waals surface area (Å²) < 4.78 is 6.56. The van der Waals surface area contributed by atoms with E-state index < -0.39 is 0 Å². The maximum absolute atomic E-state index is 11.3. The molecule has 0 saturated heterocycles. The molecule has 0 unspecified atom stereocenters. The summed E-state index contributed by atoms with van der Waals surface area (Å²) in [6.07, 6.45) is 0.881. The normalized spacial score (nSPS) is 11.1. The second kappa shape index (κ2) is 4.51. The fourth-order valence-electron chi connectivity index (χ4n) is 1.66. The highest BCUT2D eigenvalue weighted by Crippen LogP contribution is 2.14. The lowest BCUT2D eigenvalue weighted by Crippen LogP contribution is -2.24. The Balaban J connectivity index is 2.28. The molecule has 0 aliphatic carbocycles. The minimum Gasteiger partial charge on any atom is -0.408 e. The predicted molar refractivity (Wildman–Crippen MR) is 62.2 cm³/mol. The Morgan fingerprint density at radius 1 is 1.50 bits per heavy atom. The van der Waals surface area contributed by atoms with Gasteiger partial charge in [0.05, 0.1) is 5.52 Å². The van der Waals surface area contributed by atoms with Gasteiger partial charge >= 0.3 is 5.76 Å². The first-order valence-corrected chi connectivity index (χ1v) is 5.21. The van der Waals surface area contributed by atoms with Gasteiger partial charge in [-0.25, -0.2) is 4.79 Å². The van der Waals surface area contributed by atoms with Gasteiger partial charge in [-0.15, -0.1) is 0 Å². The molecule has 16 heavy (non-hydrogen) atoms. The smallest absolute Gasteiger partial charge is 0.408 e. The molecule has 0 radical (unpaired) electrons. The lowest BCUT2D eigenvalue weighted by atomic mass is 10.1. The van der Waals surface area contributed by atoms with Crippen LogP contribution in [0.4, 0.5) is 0 Å². The molecule has 3 N–H and O–H groups in total. The standard InChI is InChI=1S/C11H15N3O2/c1-14-9-6-8(4-5-13-7-12)2-3-10(9)16-11(14)15/h2-3,6,13H,4-5,7,12H2,1H3. The Bertz CT molecular complexity index is 542. The third kappa shape index (κ3) is 2.00. The minimum absolute atomic E-state index is 0.327. The number of benzene rings is 1. The number of hydrogen-bond acceptors (Lipinski definition) is 4. The molecule has 1 aromatic heterocycles. The number of rotatable bonds is 4. The maximum Gasteiger partial charge on any atom is 0.419 e. The van der Waals surface area contributed by atoms with Crippen molar-refractivity contribution in [1.82, 2.24) is 9.88 Å². The monoisotopic (exact) mass is 221 g/mol. The van der Waals surface area contributed by atoms with E-state index in [1.165, 1.54) is 4.57 Å². The van der Waals surface area contributed by atoms with Gasteiger partial charge in [0, 0.05) is 20.3 Å². The molecule has 1 aromatic carbocycles. The molecule has 0 bridgehead atoms. The molecule has 0 spiro atoms. The van der Waals surface area contributed by atoms with Crippen LogP contribution in [0.2, 0.25) is 0 Å². The van der Waals surface area contributed by atoms with Gasteiger partial charge < -0.3 is 15.5 Å². The molecule has 0 aliphatic rings. The van der Waals surface area contributed by atoms with Crippen molar-refractivity contribution in [3.63, 3.8) is 0 Å². The van der Waals surface area contributed by atoms with Crippen molar-refractivity contribution < 1.29 is 4.42 Å². The summed E-state index contributed by atoms with van der Waals surface area (Å²) in [6.45, 7) is 1.31. The molecule has 2 aromatic rings. The van der Waals surface area contributed by atoms with Crippen LogP contribution < -0.4 is 16.8 Å². The van der Waals surface area contributed by atoms with Gasteiger partial charge in [0.1, 0.15) is 0 Å². The van der Waals surface area contributed by atoms with Crippen LogP contribution in [0.3, 0.4) is 0 Å². The number of oxazole rings is 1. The first-order chi connectivity index (χ1) is 7.72. The molecule has 2 rings (SSSR count). The van der Waals surface area contributed by atoms with Gasteiger partial charge in [0.25, 0.3) is 0 Å². The van der Waals surface area contributed by atoms with E-state index in [0.717, 1.165) is 24.0 Å². The van der Waals surface area contributed by atoms with Gasteiger partial charge in [-0.2, -0.15) is 0 Å². The zero-order valence-corrected chi connectivity index (χ0v) is 9.19. The van der Waals surface area contributed by atoms with Crippen LogP contribution in [0, 0.1) is 0 Å². The Hall–Kier alpha value is -1.59. The van der Waals surface area contributed by atoms with Gasteiger partial charge in [0.15, 0.2) is 5.58 Å². The van der Waals surface area contributed by atoms with E-state index in [-0.39, 0.29) is 5.76 Å². The van der Waals surface area contributed by atoms with E-state index in [9.17, 15) is 4.79 Å². The molecule has 0 atom stereocenters. The highest BCUT2D eigenvalue weighted by Gasteiger charge is 2.05. The zero-order chi connectivity index (χ0) is 11.5. The quantitative estimate of drug-likeness (QED) is 0.570. The number of nitrogens with zero attached hydrogens (tertiary/aromatic N) is 1. The van der Waals surface area contributed by atoms with E-state index >= 15 is 0 Å². The molecule has 5 heteroatoms. The summed E-state index contributed by atoms with van der Waals surface area (Å²) in [5.41, 5.74) is 7.95. The minimum atomic E-state index is -0.327. The average molecular weight is 221 g/mol. The molecular weight excluding hydrogens is 206 g/mol. The Morgan fingerprint density at radius 3 is 3.06 bits per heavy atom. The average Bonchev–Trinajstić information content (AvgIpc) is 2.56. The van der Waals surface area contributed by atoms with Crippen LogP contribution in [0.15, 0.2) is 27.4 Å². The number of hydrogen-bond donors (Lipinski definition) is 2. The van der Waals surface area contributed by atoms with Crippen LogP contribution in [0.1, 0.15) is 5.56 Å². The Morgan fingerprint density at radius 2 is 2.31 bits per heavy atom. The number of fused-ring (bicyclic) bond motifs is 1. The third-order valence-electron chi connectivity index (χ3n) is 2.59. The molecule has 1 heterocycles. The van der Waals surface area contributed by atoms with Crippen LogP contribution in [0.25, 0.3) is 11.1 Å². The van der Waals surface area contributed by atoms with Gasteiger partial charge in [-0.3, -0.25) is 4.57 Å². The van der Waals surface area contributed by atoms with E-state index in [1.807, 2.05) is 18.2 Å². The Labute approximate surface area is 92.8 Å². The van der Waals surface area contributed by atoms with Crippen LogP contribution >= 0.6 is 0 Å². The summed E-state index contributed by atoms with van der Waals surface area (Å²) >= 11 is 0. The molecule has 0 aliphatic heterocycles. The lowest BCUT2D eigenvalue weighted by molar-refractivity contribution is 0.528. The van der Waals surface area contributed by atoms with Crippen molar-refractivity contribution >= 4 is 11.1 Å². The first kappa shape index (κ1) is 10.9. The van der Waals surface area contributed by atoms with Gasteiger partial charge in [0.2, 0.25) is 0 Å². The van der Waals surface area contributed by atoms with E-state index in [2.05, 4.69) is 5.32 Å². The van der Waals surface area contributed by atoms with Crippen LogP contribution in [-0.4, -0.2) is 17.8 Å². The van der Waals surface area contributed by atoms with Crippen LogP contribution in [0.5, 0.6) is 0 Å². The fourth-order valence-corrected chi connectivity index (χ4v) is 1.66. The summed E-state index contributed by atoms with van der Waals surface area (Å²) in [6, 6.07) is 5.76. The van der Waals surface area contributed by atoms with Crippen molar-refractivity contribution in [2.75, 3.05) is 13.2 Å². The molecule has 0 amide bonds. The van der Waals surface area contributed by atoms with Crippen molar-refractivity contribution in [1.29, 1.82) is 0 Å². The summed E-state index contributed by atoms with van der Waals surface area (Å²) in [7, 11) is 1.70. The summed E-state index contributed by atoms with van der Waals surface area (Å²) in [5, 5.41) is 3.05. The van der Waals surface area contributed by atoms with Crippen molar-refractivity contribution in [2.45, 2.75) is 6.42 Å². The van der Waals surface area contributed by atoms with Crippen LogP contribution in [-0.2, 0) is 13.5 Å². The highest BCUT2D eigenvalue weighted by atomic mass is 16.4. The van der Waals surface area contributed by atoms with Crippen molar-refractivity contribution in [3.05, 3.63) is 34.3 Å². The number of nitrogens with one attached hydrogen (secondary N) is 1. The number of aromatic nitrogens is 1. The topological polar surface area (TPSA) is 73.2 Å². The summed E-state index contributed by atoms with van der Waals surface area (Å²) in [4.78, 5) is 11.3. The zero-order valence-electron chi connectivity index (χ0n) is 9.19. The van der Waals surface area contributed by atoms with E-state index in [1.54, 1.807) is 7.05 Å². The Kier molecular flexibility index (Phi) is 3.07. The number of nitrogens with two attached hydrogens (primary N) is 1.